The lowest BCUT2D eigenvalue weighted by molar-refractivity contribution is -0.120. The summed E-state index contributed by atoms with van der Waals surface area (Å²) in [5, 5.41) is 1.81. The molecule has 0 aliphatic heterocycles. The van der Waals surface area contributed by atoms with Crippen LogP contribution in [0, 0.1) is 0 Å². The smallest absolute Gasteiger partial charge is 0.377 e. The molecule has 0 aliphatic rings. The minimum Gasteiger partial charge on any atom is -0.377 e. The summed E-state index contributed by atoms with van der Waals surface area (Å²) in [6.07, 6.45) is 20.9. The van der Waals surface area contributed by atoms with Crippen LogP contribution in [0.1, 0.15) is 96.3 Å². The molecule has 8 heteroatoms. The molecule has 0 amide bonds. The fraction of sp³-hybridized carbons (Fsp3) is 1.00. The van der Waals surface area contributed by atoms with Crippen molar-refractivity contribution in [1.82, 2.24) is 5.06 Å². The van der Waals surface area contributed by atoms with Crippen molar-refractivity contribution in [2.45, 2.75) is 153 Å². The van der Waals surface area contributed by atoms with Gasteiger partial charge in [0.15, 0.2) is 0 Å². The summed E-state index contributed by atoms with van der Waals surface area (Å²) in [6, 6.07) is 6.83. The first-order valence-electron chi connectivity index (χ1n) is 16.0. The van der Waals surface area contributed by atoms with Crippen molar-refractivity contribution in [2.24, 2.45) is 0 Å². The lowest BCUT2D eigenvalue weighted by Gasteiger charge is -2.27. The van der Waals surface area contributed by atoms with Crippen molar-refractivity contribution in [1.29, 1.82) is 0 Å². The van der Waals surface area contributed by atoms with Crippen LogP contribution in [0.25, 0.3) is 0 Å². The summed E-state index contributed by atoms with van der Waals surface area (Å²) in [4.78, 5) is 5.46. The van der Waals surface area contributed by atoms with Crippen molar-refractivity contribution in [3.63, 3.8) is 0 Å². The minimum absolute atomic E-state index is 0.871. The second-order valence-corrected chi connectivity index (χ2v) is 27.1. The van der Waals surface area contributed by atoms with E-state index in [1.807, 2.05) is 14.1 Å². The van der Waals surface area contributed by atoms with Crippen LogP contribution in [0.3, 0.4) is 0 Å². The average Bonchev–Trinajstić information content (AvgIpc) is 2.86. The van der Waals surface area contributed by atoms with Gasteiger partial charge >= 0.3 is 8.80 Å². The van der Waals surface area contributed by atoms with Crippen LogP contribution in [-0.2, 0) is 18.1 Å². The highest BCUT2D eigenvalue weighted by molar-refractivity contribution is 6.77. The van der Waals surface area contributed by atoms with Gasteiger partial charge in [-0.05, 0) is 6.42 Å². The summed E-state index contributed by atoms with van der Waals surface area (Å²) in [5.41, 5.74) is 0. The molecule has 0 rings (SSSR count). The van der Waals surface area contributed by atoms with E-state index in [4.69, 9.17) is 18.1 Å². The van der Waals surface area contributed by atoms with Crippen LogP contribution < -0.4 is 0 Å². The van der Waals surface area contributed by atoms with Crippen molar-refractivity contribution < 1.29 is 18.1 Å². The molecule has 0 saturated carbocycles. The van der Waals surface area contributed by atoms with Crippen molar-refractivity contribution in [3.8, 4) is 0 Å². The molecule has 0 fully saturated rings. The van der Waals surface area contributed by atoms with Gasteiger partial charge in [-0.1, -0.05) is 140 Å². The van der Waals surface area contributed by atoms with Gasteiger partial charge in [0.1, 0.15) is 0 Å². The van der Waals surface area contributed by atoms with E-state index in [-0.39, 0.29) is 0 Å². The number of hydroxylamine groups is 2. The van der Waals surface area contributed by atoms with E-state index < -0.39 is 25.0 Å². The van der Waals surface area contributed by atoms with Gasteiger partial charge in [0.05, 0.1) is 6.61 Å². The Morgan fingerprint density at radius 1 is 0.421 bits per heavy atom. The van der Waals surface area contributed by atoms with Crippen molar-refractivity contribution in [2.75, 3.05) is 42.0 Å². The van der Waals surface area contributed by atoms with Crippen LogP contribution in [-0.4, -0.2) is 72.0 Å². The third kappa shape index (κ3) is 22.2. The predicted molar refractivity (Wildman–Crippen MR) is 175 cm³/mol. The highest BCUT2D eigenvalue weighted by Crippen LogP contribution is 2.27. The first kappa shape index (κ1) is 38.5. The van der Waals surface area contributed by atoms with Crippen LogP contribution in [0.4, 0.5) is 0 Å². The maximum absolute atomic E-state index is 5.58. The molecule has 230 valence electrons. The zero-order valence-electron chi connectivity index (χ0n) is 27.4. The summed E-state index contributed by atoms with van der Waals surface area (Å²) < 4.78 is 16.7. The predicted octanol–water partition coefficient (Wildman–Crippen LogP) is 9.63. The van der Waals surface area contributed by atoms with Crippen molar-refractivity contribution in [3.05, 3.63) is 0 Å². The van der Waals surface area contributed by atoms with Gasteiger partial charge in [-0.2, -0.15) is 5.06 Å². The molecule has 0 aromatic carbocycles. The maximum atomic E-state index is 5.58. The lowest BCUT2D eigenvalue weighted by atomic mass is 10.1. The number of unbranched alkanes of at least 4 members (excludes halogenated alkanes) is 12. The van der Waals surface area contributed by atoms with E-state index in [1.54, 1.807) is 26.4 Å². The molecule has 0 aromatic heterocycles. The third-order valence-electron chi connectivity index (χ3n) is 8.32. The molecule has 0 spiro atoms. The van der Waals surface area contributed by atoms with Gasteiger partial charge < -0.3 is 13.3 Å². The summed E-state index contributed by atoms with van der Waals surface area (Å²) in [6.45, 7) is 11.2. The Bertz CT molecular complexity index is 523. The monoisotopic (exact) mass is 591 g/mol. The molecule has 0 N–H and O–H groups in total. The highest BCUT2D eigenvalue weighted by Gasteiger charge is 2.37. The topological polar surface area (TPSA) is 40.2 Å². The fourth-order valence-corrected chi connectivity index (χ4v) is 12.8. The number of hydrogen-bond acceptors (Lipinski definition) is 5. The Morgan fingerprint density at radius 3 is 1.08 bits per heavy atom. The van der Waals surface area contributed by atoms with Gasteiger partial charge in [-0.15, -0.1) is 0 Å². The SMILES string of the molecule is CO[Si](CCC[Si](C)(C)CCCCCCCC[Si](C)(C)CCCCCCCCCCON(C)C)(OC)OC. The second-order valence-electron chi connectivity index (χ2n) is 13.3. The maximum Gasteiger partial charge on any atom is 0.500 e. The zero-order chi connectivity index (χ0) is 28.8. The van der Waals surface area contributed by atoms with Gasteiger partial charge in [0, 0.05) is 57.6 Å². The first-order valence-corrected chi connectivity index (χ1v) is 24.7. The van der Waals surface area contributed by atoms with E-state index in [9.17, 15) is 0 Å². The minimum atomic E-state index is -2.39. The van der Waals surface area contributed by atoms with Crippen LogP contribution in [0.5, 0.6) is 0 Å². The molecule has 0 aliphatic carbocycles. The van der Waals surface area contributed by atoms with E-state index in [0.29, 0.717) is 0 Å². The van der Waals surface area contributed by atoms with Crippen LogP contribution in [0.15, 0.2) is 0 Å². The van der Waals surface area contributed by atoms with E-state index in [1.165, 1.54) is 120 Å². The summed E-state index contributed by atoms with van der Waals surface area (Å²) in [7, 11) is 4.60. The van der Waals surface area contributed by atoms with Crippen LogP contribution >= 0.6 is 0 Å². The quantitative estimate of drug-likeness (QED) is 0.0514. The molecule has 0 atom stereocenters. The van der Waals surface area contributed by atoms with E-state index in [2.05, 4.69) is 26.2 Å². The zero-order valence-corrected chi connectivity index (χ0v) is 30.4. The Kier molecular flexibility index (Phi) is 23.3. The number of rotatable bonds is 28. The molecule has 0 heterocycles. The normalized spacial score (nSPS) is 13.1. The largest absolute Gasteiger partial charge is 0.500 e. The first-order chi connectivity index (χ1) is 18.0. The highest BCUT2D eigenvalue weighted by atomic mass is 28.4. The number of nitrogens with zero attached hydrogens (tertiary/aromatic N) is 1. The molecule has 0 aromatic rings. The molecule has 0 bridgehead atoms. The third-order valence-corrected chi connectivity index (χ3v) is 18.0. The summed E-state index contributed by atoms with van der Waals surface area (Å²) >= 11 is 0. The Morgan fingerprint density at radius 2 is 0.737 bits per heavy atom. The lowest BCUT2D eigenvalue weighted by Crippen LogP contribution is -2.43. The Balaban J connectivity index is 3.65. The van der Waals surface area contributed by atoms with Gasteiger partial charge in [-0.25, -0.2) is 0 Å². The number of hydrogen-bond donors (Lipinski definition) is 0. The van der Waals surface area contributed by atoms with Crippen molar-refractivity contribution >= 4 is 25.0 Å². The standard InChI is InChI=1S/C30H69NO4Si3/c1-31(2)35-25-20-16-12-10-11-13-17-21-26-36(6,7)27-22-18-14-15-19-23-28-37(8,9)29-24-30-38(32-3,33-4)34-5/h10-30H2,1-9H3. The summed E-state index contributed by atoms with van der Waals surface area (Å²) in [5.74, 6) is 0. The molecule has 0 radical (unpaired) electrons. The molecule has 0 saturated heterocycles. The van der Waals surface area contributed by atoms with Gasteiger partial charge in [0.25, 0.3) is 0 Å². The van der Waals surface area contributed by atoms with Crippen LogP contribution in [0.2, 0.25) is 56.4 Å². The average molecular weight is 592 g/mol. The Labute approximate surface area is 242 Å². The molecular weight excluding hydrogens is 523 g/mol. The van der Waals surface area contributed by atoms with Gasteiger partial charge in [-0.3, -0.25) is 4.84 Å². The Hall–Kier alpha value is 0.451. The molecule has 38 heavy (non-hydrogen) atoms. The molecule has 5 nitrogen and oxygen atoms in total. The fourth-order valence-electron chi connectivity index (χ4n) is 5.52. The molecular formula is C30H69NO4Si3. The molecule has 0 unspecified atom stereocenters. The van der Waals surface area contributed by atoms with E-state index >= 15 is 0 Å². The van der Waals surface area contributed by atoms with E-state index in [0.717, 1.165) is 12.7 Å². The van der Waals surface area contributed by atoms with Gasteiger partial charge in [0.2, 0.25) is 0 Å². The second kappa shape index (κ2) is 23.1.